The van der Waals surface area contributed by atoms with Gasteiger partial charge in [0.05, 0.1) is 6.10 Å². The number of nitrogens with one attached hydrogen (secondary N) is 1. The Kier molecular flexibility index (Phi) is 5.46. The molecule has 0 spiro atoms. The Bertz CT molecular complexity index is 225. The number of hydrogen-bond acceptors (Lipinski definition) is 2. The summed E-state index contributed by atoms with van der Waals surface area (Å²) in [5.41, 5.74) is 0.289. The highest BCUT2D eigenvalue weighted by molar-refractivity contribution is 5.03. The van der Waals surface area contributed by atoms with Crippen LogP contribution >= 0.6 is 0 Å². The van der Waals surface area contributed by atoms with Crippen molar-refractivity contribution < 1.29 is 4.74 Å². The largest absolute Gasteiger partial charge is 0.377 e. The van der Waals surface area contributed by atoms with Gasteiger partial charge in [0.2, 0.25) is 0 Å². The second-order valence-electron chi connectivity index (χ2n) is 6.68. The molecule has 1 aliphatic carbocycles. The van der Waals surface area contributed by atoms with Crippen molar-refractivity contribution in [1.29, 1.82) is 0 Å². The lowest BCUT2D eigenvalue weighted by atomic mass is 9.64. The summed E-state index contributed by atoms with van der Waals surface area (Å²) in [6.45, 7) is 14.5. The molecular formula is C15H31NO. The highest BCUT2D eigenvalue weighted by Gasteiger charge is 2.49. The van der Waals surface area contributed by atoms with Crippen LogP contribution in [0.1, 0.15) is 60.8 Å². The van der Waals surface area contributed by atoms with Crippen molar-refractivity contribution in [2.24, 2.45) is 11.3 Å². The molecular weight excluding hydrogens is 210 g/mol. The minimum absolute atomic E-state index is 0.289. The van der Waals surface area contributed by atoms with E-state index in [4.69, 9.17) is 4.74 Å². The fraction of sp³-hybridized carbons (Fsp3) is 1.00. The maximum Gasteiger partial charge on any atom is 0.0656 e. The van der Waals surface area contributed by atoms with Crippen molar-refractivity contribution in [3.63, 3.8) is 0 Å². The summed E-state index contributed by atoms with van der Waals surface area (Å²) in [6, 6.07) is 1.26. The van der Waals surface area contributed by atoms with Gasteiger partial charge in [-0.25, -0.2) is 0 Å². The zero-order valence-electron chi connectivity index (χ0n) is 12.5. The molecule has 1 N–H and O–H groups in total. The zero-order chi connectivity index (χ0) is 13.1. The van der Waals surface area contributed by atoms with E-state index in [0.29, 0.717) is 24.1 Å². The summed E-state index contributed by atoms with van der Waals surface area (Å²) in [6.07, 6.45) is 4.14. The van der Waals surface area contributed by atoms with Crippen LogP contribution in [0.15, 0.2) is 0 Å². The molecule has 0 aromatic rings. The maximum absolute atomic E-state index is 5.99. The van der Waals surface area contributed by atoms with Crippen LogP contribution in [0.5, 0.6) is 0 Å². The van der Waals surface area contributed by atoms with Crippen LogP contribution in [-0.2, 0) is 4.74 Å². The Labute approximate surface area is 108 Å². The molecule has 1 rings (SSSR count). The Morgan fingerprint density at radius 1 is 1.29 bits per heavy atom. The normalized spacial score (nSPS) is 29.1. The van der Waals surface area contributed by atoms with Crippen LogP contribution in [0.2, 0.25) is 0 Å². The highest BCUT2D eigenvalue weighted by atomic mass is 16.5. The van der Waals surface area contributed by atoms with Crippen LogP contribution in [0.25, 0.3) is 0 Å². The van der Waals surface area contributed by atoms with Crippen LogP contribution < -0.4 is 5.32 Å². The molecule has 102 valence electrons. The lowest BCUT2D eigenvalue weighted by Gasteiger charge is -2.53. The number of rotatable bonds is 7. The molecule has 0 amide bonds. The summed E-state index contributed by atoms with van der Waals surface area (Å²) >= 11 is 0. The van der Waals surface area contributed by atoms with Crippen LogP contribution in [0.3, 0.4) is 0 Å². The average Bonchev–Trinajstić information content (AvgIpc) is 2.22. The van der Waals surface area contributed by atoms with Crippen molar-refractivity contribution in [3.8, 4) is 0 Å². The molecule has 0 heterocycles. The van der Waals surface area contributed by atoms with Gasteiger partial charge in [-0.05, 0) is 25.7 Å². The monoisotopic (exact) mass is 241 g/mol. The zero-order valence-corrected chi connectivity index (χ0v) is 12.5. The minimum atomic E-state index is 0.289. The standard InChI is InChI=1S/C15H31NO/c1-7-8-12(4)16-13-9-14(15(13,5)6)17-10-11(2)3/h11-14,16H,7-10H2,1-6H3. The molecule has 0 bridgehead atoms. The third-order valence-corrected chi connectivity index (χ3v) is 4.02. The average molecular weight is 241 g/mol. The topological polar surface area (TPSA) is 21.3 Å². The first-order valence-electron chi connectivity index (χ1n) is 7.25. The molecule has 1 aliphatic rings. The lowest BCUT2D eigenvalue weighted by molar-refractivity contribution is -0.125. The van der Waals surface area contributed by atoms with Crippen molar-refractivity contribution in [3.05, 3.63) is 0 Å². The fourth-order valence-corrected chi connectivity index (χ4v) is 2.62. The number of hydrogen-bond donors (Lipinski definition) is 1. The minimum Gasteiger partial charge on any atom is -0.377 e. The third-order valence-electron chi connectivity index (χ3n) is 4.02. The Morgan fingerprint density at radius 3 is 2.41 bits per heavy atom. The van der Waals surface area contributed by atoms with Gasteiger partial charge < -0.3 is 10.1 Å². The van der Waals surface area contributed by atoms with Gasteiger partial charge in [-0.2, -0.15) is 0 Å². The smallest absolute Gasteiger partial charge is 0.0656 e. The van der Waals surface area contributed by atoms with Crippen LogP contribution in [0, 0.1) is 11.3 Å². The molecule has 3 atom stereocenters. The van der Waals surface area contributed by atoms with Crippen molar-refractivity contribution >= 4 is 0 Å². The van der Waals surface area contributed by atoms with E-state index in [-0.39, 0.29) is 5.41 Å². The third kappa shape index (κ3) is 3.96. The summed E-state index contributed by atoms with van der Waals surface area (Å²) in [4.78, 5) is 0. The molecule has 3 unspecified atom stereocenters. The van der Waals surface area contributed by atoms with E-state index in [1.165, 1.54) is 19.3 Å². The van der Waals surface area contributed by atoms with Crippen LogP contribution in [-0.4, -0.2) is 24.8 Å². The van der Waals surface area contributed by atoms with Crippen molar-refractivity contribution in [2.45, 2.75) is 79.0 Å². The first kappa shape index (κ1) is 15.0. The molecule has 1 saturated carbocycles. The highest BCUT2D eigenvalue weighted by Crippen LogP contribution is 2.43. The summed E-state index contributed by atoms with van der Waals surface area (Å²) in [5, 5.41) is 3.75. The van der Waals surface area contributed by atoms with Crippen LogP contribution in [0.4, 0.5) is 0 Å². The van der Waals surface area contributed by atoms with Crippen molar-refractivity contribution in [1.82, 2.24) is 5.32 Å². The quantitative estimate of drug-likeness (QED) is 0.735. The van der Waals surface area contributed by atoms with Gasteiger partial charge in [0.15, 0.2) is 0 Å². The maximum atomic E-state index is 5.99. The van der Waals surface area contributed by atoms with E-state index in [2.05, 4.69) is 46.9 Å². The second-order valence-corrected chi connectivity index (χ2v) is 6.68. The first-order chi connectivity index (χ1) is 7.87. The Morgan fingerprint density at radius 2 is 1.94 bits per heavy atom. The lowest BCUT2D eigenvalue weighted by Crippen LogP contribution is -2.62. The predicted molar refractivity (Wildman–Crippen MR) is 74.3 cm³/mol. The van der Waals surface area contributed by atoms with E-state index in [0.717, 1.165) is 6.61 Å². The van der Waals surface area contributed by atoms with E-state index in [1.54, 1.807) is 0 Å². The van der Waals surface area contributed by atoms with Gasteiger partial charge >= 0.3 is 0 Å². The summed E-state index contributed by atoms with van der Waals surface area (Å²) in [5.74, 6) is 0.636. The molecule has 17 heavy (non-hydrogen) atoms. The number of ether oxygens (including phenoxy) is 1. The molecule has 0 aromatic carbocycles. The van der Waals surface area contributed by atoms with E-state index >= 15 is 0 Å². The van der Waals surface area contributed by atoms with Gasteiger partial charge in [-0.1, -0.05) is 41.0 Å². The molecule has 1 fully saturated rings. The van der Waals surface area contributed by atoms with Gasteiger partial charge in [0.1, 0.15) is 0 Å². The van der Waals surface area contributed by atoms with E-state index in [1.807, 2.05) is 0 Å². The van der Waals surface area contributed by atoms with E-state index in [9.17, 15) is 0 Å². The Balaban J connectivity index is 2.33. The van der Waals surface area contributed by atoms with Crippen molar-refractivity contribution in [2.75, 3.05) is 6.61 Å². The van der Waals surface area contributed by atoms with Gasteiger partial charge in [0, 0.05) is 24.1 Å². The molecule has 2 heteroatoms. The molecule has 0 radical (unpaired) electrons. The van der Waals surface area contributed by atoms with Gasteiger partial charge in [-0.15, -0.1) is 0 Å². The van der Waals surface area contributed by atoms with E-state index < -0.39 is 0 Å². The first-order valence-corrected chi connectivity index (χ1v) is 7.25. The predicted octanol–water partition coefficient (Wildman–Crippen LogP) is 3.60. The van der Waals surface area contributed by atoms with Gasteiger partial charge in [0.25, 0.3) is 0 Å². The molecule has 0 aromatic heterocycles. The van der Waals surface area contributed by atoms with Gasteiger partial charge in [-0.3, -0.25) is 0 Å². The SMILES string of the molecule is CCCC(C)NC1CC(OCC(C)C)C1(C)C. The molecule has 0 aliphatic heterocycles. The molecule has 0 saturated heterocycles. The molecule has 2 nitrogen and oxygen atoms in total. The Hall–Kier alpha value is -0.0800. The fourth-order valence-electron chi connectivity index (χ4n) is 2.62. The summed E-state index contributed by atoms with van der Waals surface area (Å²) in [7, 11) is 0. The summed E-state index contributed by atoms with van der Waals surface area (Å²) < 4.78 is 5.99. The second kappa shape index (κ2) is 6.19.